The minimum atomic E-state index is 0.136. The van der Waals surface area contributed by atoms with Gasteiger partial charge in [-0.2, -0.15) is 0 Å². The Balaban J connectivity index is 1.84. The summed E-state index contributed by atoms with van der Waals surface area (Å²) in [4.78, 5) is 12.3. The average molecular weight is 254 g/mol. The fourth-order valence-electron chi connectivity index (χ4n) is 3.05. The van der Waals surface area contributed by atoms with Crippen molar-refractivity contribution >= 4 is 5.91 Å². The second-order valence-electron chi connectivity index (χ2n) is 5.91. The van der Waals surface area contributed by atoms with Crippen LogP contribution in [-0.2, 0) is 9.53 Å². The normalized spacial score (nSPS) is 31.9. The van der Waals surface area contributed by atoms with Gasteiger partial charge in [0.25, 0.3) is 0 Å². The van der Waals surface area contributed by atoms with E-state index < -0.39 is 0 Å². The number of carbonyl (C=O) groups is 1. The van der Waals surface area contributed by atoms with E-state index in [0.717, 1.165) is 12.8 Å². The Bertz CT molecular complexity index is 294. The molecule has 2 aliphatic heterocycles. The van der Waals surface area contributed by atoms with E-state index in [-0.39, 0.29) is 17.9 Å². The van der Waals surface area contributed by atoms with Gasteiger partial charge < -0.3 is 15.4 Å². The summed E-state index contributed by atoms with van der Waals surface area (Å²) in [6, 6.07) is 1.13. The quantitative estimate of drug-likeness (QED) is 0.751. The van der Waals surface area contributed by atoms with Crippen LogP contribution < -0.4 is 10.6 Å². The zero-order valence-electron chi connectivity index (χ0n) is 11.7. The first-order valence-electron chi connectivity index (χ1n) is 7.26. The first-order valence-corrected chi connectivity index (χ1v) is 7.26. The molecular weight excluding hydrogens is 228 g/mol. The van der Waals surface area contributed by atoms with Gasteiger partial charge in [-0.3, -0.25) is 4.79 Å². The third-order valence-electron chi connectivity index (χ3n) is 4.27. The van der Waals surface area contributed by atoms with Gasteiger partial charge in [-0.15, -0.1) is 0 Å². The van der Waals surface area contributed by atoms with E-state index >= 15 is 0 Å². The second-order valence-corrected chi connectivity index (χ2v) is 5.91. The van der Waals surface area contributed by atoms with Crippen molar-refractivity contribution in [1.29, 1.82) is 0 Å². The lowest BCUT2D eigenvalue weighted by Crippen LogP contribution is -2.47. The molecule has 4 unspecified atom stereocenters. The highest BCUT2D eigenvalue weighted by atomic mass is 16.5. The summed E-state index contributed by atoms with van der Waals surface area (Å²) >= 11 is 0. The number of hydrogen-bond acceptors (Lipinski definition) is 3. The third-order valence-corrected chi connectivity index (χ3v) is 4.27. The molecule has 0 aliphatic carbocycles. The maximum atomic E-state index is 12.3. The summed E-state index contributed by atoms with van der Waals surface area (Å²) in [6.45, 7) is 7.56. The Morgan fingerprint density at radius 3 is 2.72 bits per heavy atom. The van der Waals surface area contributed by atoms with Crippen molar-refractivity contribution in [3.05, 3.63) is 0 Å². The minimum absolute atomic E-state index is 0.136. The lowest BCUT2D eigenvalue weighted by Gasteiger charge is -2.26. The van der Waals surface area contributed by atoms with Crippen molar-refractivity contribution in [1.82, 2.24) is 10.6 Å². The van der Waals surface area contributed by atoms with E-state index in [9.17, 15) is 4.79 Å². The largest absolute Gasteiger partial charge is 0.380 e. The van der Waals surface area contributed by atoms with Gasteiger partial charge in [-0.1, -0.05) is 13.8 Å². The second kappa shape index (κ2) is 6.02. The highest BCUT2D eigenvalue weighted by Gasteiger charge is 2.43. The van der Waals surface area contributed by atoms with Crippen LogP contribution in [0.4, 0.5) is 0 Å². The van der Waals surface area contributed by atoms with E-state index in [1.807, 2.05) is 6.92 Å². The molecule has 18 heavy (non-hydrogen) atoms. The summed E-state index contributed by atoms with van der Waals surface area (Å²) < 4.78 is 5.45. The van der Waals surface area contributed by atoms with E-state index in [4.69, 9.17) is 4.74 Å². The zero-order valence-corrected chi connectivity index (χ0v) is 11.7. The summed E-state index contributed by atoms with van der Waals surface area (Å²) in [7, 11) is 0. The van der Waals surface area contributed by atoms with Crippen LogP contribution in [0.3, 0.4) is 0 Å². The van der Waals surface area contributed by atoms with E-state index in [2.05, 4.69) is 24.5 Å². The maximum absolute atomic E-state index is 12.3. The Morgan fingerprint density at radius 2 is 2.22 bits per heavy atom. The van der Waals surface area contributed by atoms with Gasteiger partial charge in [0.15, 0.2) is 0 Å². The Morgan fingerprint density at radius 1 is 1.44 bits per heavy atom. The van der Waals surface area contributed by atoms with Gasteiger partial charge in [0.05, 0.1) is 18.6 Å². The van der Waals surface area contributed by atoms with Crippen LogP contribution >= 0.6 is 0 Å². The highest BCUT2D eigenvalue weighted by Crippen LogP contribution is 2.33. The number of ether oxygens (including phenoxy) is 1. The summed E-state index contributed by atoms with van der Waals surface area (Å²) in [6.07, 6.45) is 3.40. The van der Waals surface area contributed by atoms with E-state index in [1.165, 1.54) is 6.42 Å². The Hall–Kier alpha value is -0.610. The van der Waals surface area contributed by atoms with Gasteiger partial charge in [-0.25, -0.2) is 0 Å². The van der Waals surface area contributed by atoms with Gasteiger partial charge in [0, 0.05) is 18.7 Å². The third kappa shape index (κ3) is 3.04. The number of nitrogens with one attached hydrogen (secondary N) is 2. The predicted octanol–water partition coefficient (Wildman–Crippen LogP) is 1.30. The first-order chi connectivity index (χ1) is 8.61. The summed E-state index contributed by atoms with van der Waals surface area (Å²) in [5, 5.41) is 6.69. The van der Waals surface area contributed by atoms with Gasteiger partial charge in [-0.05, 0) is 32.1 Å². The molecule has 4 atom stereocenters. The van der Waals surface area contributed by atoms with Crippen molar-refractivity contribution in [3.8, 4) is 0 Å². The summed E-state index contributed by atoms with van der Waals surface area (Å²) in [5.74, 6) is 0.798. The molecule has 1 amide bonds. The molecule has 0 aromatic carbocycles. The predicted molar refractivity (Wildman–Crippen MR) is 71.3 cm³/mol. The molecule has 2 aliphatic rings. The van der Waals surface area contributed by atoms with E-state index in [0.29, 0.717) is 31.2 Å². The zero-order chi connectivity index (χ0) is 13.1. The molecule has 4 heteroatoms. The van der Waals surface area contributed by atoms with Crippen molar-refractivity contribution in [2.45, 2.75) is 58.2 Å². The van der Waals surface area contributed by atoms with Crippen LogP contribution in [0.2, 0.25) is 0 Å². The van der Waals surface area contributed by atoms with Crippen LogP contribution in [0.5, 0.6) is 0 Å². The van der Waals surface area contributed by atoms with Crippen LogP contribution in [0.25, 0.3) is 0 Å². The first kappa shape index (κ1) is 13.8. The molecule has 104 valence electrons. The maximum Gasteiger partial charge on any atom is 0.225 e. The van der Waals surface area contributed by atoms with Crippen LogP contribution in [0, 0.1) is 11.8 Å². The number of rotatable bonds is 6. The monoisotopic (exact) mass is 254 g/mol. The molecule has 2 heterocycles. The van der Waals surface area contributed by atoms with Crippen LogP contribution in [0.15, 0.2) is 0 Å². The molecule has 2 bridgehead atoms. The lowest BCUT2D eigenvalue weighted by atomic mass is 9.88. The smallest absolute Gasteiger partial charge is 0.225 e. The van der Waals surface area contributed by atoms with Gasteiger partial charge in [0.1, 0.15) is 0 Å². The molecule has 0 aromatic heterocycles. The van der Waals surface area contributed by atoms with E-state index in [1.54, 1.807) is 0 Å². The molecule has 2 rings (SSSR count). The highest BCUT2D eigenvalue weighted by molar-refractivity contribution is 5.80. The molecule has 2 fully saturated rings. The molecule has 0 saturated carbocycles. The van der Waals surface area contributed by atoms with Crippen molar-refractivity contribution in [2.24, 2.45) is 11.8 Å². The number of fused-ring (bicyclic) bond motifs is 2. The molecule has 2 N–H and O–H groups in total. The topological polar surface area (TPSA) is 50.4 Å². The lowest BCUT2D eigenvalue weighted by molar-refractivity contribution is -0.127. The number of carbonyl (C=O) groups excluding carboxylic acids is 1. The van der Waals surface area contributed by atoms with Crippen molar-refractivity contribution < 1.29 is 9.53 Å². The van der Waals surface area contributed by atoms with Crippen molar-refractivity contribution in [2.75, 3.05) is 13.2 Å². The average Bonchev–Trinajstić information content (AvgIpc) is 2.95. The molecular formula is C14H26N2O2. The van der Waals surface area contributed by atoms with Gasteiger partial charge >= 0.3 is 0 Å². The fourth-order valence-corrected chi connectivity index (χ4v) is 3.05. The molecule has 4 nitrogen and oxygen atoms in total. The van der Waals surface area contributed by atoms with Crippen molar-refractivity contribution in [3.63, 3.8) is 0 Å². The SMILES string of the molecule is CCOCC(NC(=O)C1CC2CCC1N2)C(C)C. The molecule has 0 spiro atoms. The molecule has 0 radical (unpaired) electrons. The van der Waals surface area contributed by atoms with Gasteiger partial charge in [0.2, 0.25) is 5.91 Å². The fraction of sp³-hybridized carbons (Fsp3) is 0.929. The minimum Gasteiger partial charge on any atom is -0.380 e. The Labute approximate surface area is 110 Å². The van der Waals surface area contributed by atoms with Crippen LogP contribution in [0.1, 0.15) is 40.0 Å². The molecule has 2 saturated heterocycles. The standard InChI is InChI=1S/C14H26N2O2/c1-4-18-8-13(9(2)3)16-14(17)11-7-10-5-6-12(11)15-10/h9-13,15H,4-8H2,1-3H3,(H,16,17). The summed E-state index contributed by atoms with van der Waals surface area (Å²) in [5.41, 5.74) is 0. The molecule has 0 aromatic rings. The Kier molecular flexibility index (Phi) is 4.62. The van der Waals surface area contributed by atoms with Crippen LogP contribution in [-0.4, -0.2) is 37.2 Å². The number of amides is 1. The number of hydrogen-bond donors (Lipinski definition) is 2.